The van der Waals surface area contributed by atoms with Crippen LogP contribution in [0.25, 0.3) is 0 Å². The number of aromatic amines is 1. The Labute approximate surface area is 180 Å². The van der Waals surface area contributed by atoms with E-state index in [2.05, 4.69) is 15.0 Å². The van der Waals surface area contributed by atoms with Crippen LogP contribution in [0.5, 0.6) is 0 Å². The lowest BCUT2D eigenvalue weighted by Gasteiger charge is -2.24. The molecule has 0 aliphatic carbocycles. The third-order valence-electron chi connectivity index (χ3n) is 5.33. The lowest BCUT2D eigenvalue weighted by molar-refractivity contribution is -0.146. The number of nitrogens with one attached hydrogen (secondary N) is 1. The summed E-state index contributed by atoms with van der Waals surface area (Å²) in [6, 6.07) is 6.27. The van der Waals surface area contributed by atoms with Gasteiger partial charge in [-0.1, -0.05) is 17.3 Å². The fraction of sp³-hybridized carbons (Fsp3) is 0.350. The summed E-state index contributed by atoms with van der Waals surface area (Å²) in [6.07, 6.45) is 0.151. The molecular formula is C20H20N4O8. The SMILES string of the molecule is CON=C[C@]1(O)C[C@H](n2cc(C)c(=O)[nH]c2=O)O[C@@H]1CON1C(=O)c2ccccc2C1=O. The van der Waals surface area contributed by atoms with Crippen molar-refractivity contribution >= 4 is 18.0 Å². The second-order valence-electron chi connectivity index (χ2n) is 7.42. The zero-order chi connectivity index (χ0) is 23.0. The van der Waals surface area contributed by atoms with Crippen LogP contribution in [0.4, 0.5) is 0 Å². The van der Waals surface area contributed by atoms with Crippen molar-refractivity contribution in [2.75, 3.05) is 13.7 Å². The van der Waals surface area contributed by atoms with Crippen molar-refractivity contribution in [2.45, 2.75) is 31.3 Å². The van der Waals surface area contributed by atoms with Crippen molar-refractivity contribution in [1.29, 1.82) is 0 Å². The summed E-state index contributed by atoms with van der Waals surface area (Å²) >= 11 is 0. The van der Waals surface area contributed by atoms with Crippen LogP contribution in [0.1, 0.15) is 38.9 Å². The van der Waals surface area contributed by atoms with Crippen molar-refractivity contribution in [3.05, 3.63) is 68.0 Å². The summed E-state index contributed by atoms with van der Waals surface area (Å²) in [5.74, 6) is -1.27. The van der Waals surface area contributed by atoms with E-state index >= 15 is 0 Å². The largest absolute Gasteiger partial charge is 0.399 e. The van der Waals surface area contributed by atoms with Crippen LogP contribution >= 0.6 is 0 Å². The van der Waals surface area contributed by atoms with Gasteiger partial charge >= 0.3 is 5.69 Å². The number of aromatic nitrogens is 2. The third-order valence-corrected chi connectivity index (χ3v) is 5.33. The average Bonchev–Trinajstić information content (AvgIpc) is 3.22. The summed E-state index contributed by atoms with van der Waals surface area (Å²) in [5.41, 5.74) is -2.34. The van der Waals surface area contributed by atoms with Crippen LogP contribution in [0.2, 0.25) is 0 Å². The highest BCUT2D eigenvalue weighted by molar-refractivity contribution is 6.20. The maximum absolute atomic E-state index is 12.5. The van der Waals surface area contributed by atoms with Gasteiger partial charge in [0.1, 0.15) is 31.6 Å². The van der Waals surface area contributed by atoms with E-state index in [4.69, 9.17) is 9.57 Å². The number of aliphatic hydroxyl groups is 1. The van der Waals surface area contributed by atoms with E-state index in [0.29, 0.717) is 5.06 Å². The highest BCUT2D eigenvalue weighted by atomic mass is 16.7. The molecule has 2 aromatic rings. The molecule has 4 rings (SSSR count). The van der Waals surface area contributed by atoms with E-state index in [9.17, 15) is 24.3 Å². The molecule has 0 saturated carbocycles. The fourth-order valence-electron chi connectivity index (χ4n) is 3.62. The Morgan fingerprint density at radius 1 is 1.25 bits per heavy atom. The molecule has 0 spiro atoms. The van der Waals surface area contributed by atoms with Gasteiger partial charge in [-0.15, -0.1) is 5.06 Å². The molecule has 2 aliphatic rings. The Kier molecular flexibility index (Phi) is 5.50. The smallest absolute Gasteiger partial charge is 0.330 e. The van der Waals surface area contributed by atoms with Gasteiger partial charge in [0.15, 0.2) is 0 Å². The molecule has 2 aliphatic heterocycles. The van der Waals surface area contributed by atoms with Crippen LogP contribution in [-0.2, 0) is 14.4 Å². The minimum Gasteiger partial charge on any atom is -0.399 e. The van der Waals surface area contributed by atoms with Crippen LogP contribution in [0.15, 0.2) is 45.2 Å². The number of benzene rings is 1. The Bertz CT molecular complexity index is 1180. The Hall–Kier alpha value is -3.61. The number of amides is 2. The lowest BCUT2D eigenvalue weighted by atomic mass is 9.97. The van der Waals surface area contributed by atoms with E-state index in [1.807, 2.05) is 0 Å². The molecule has 1 fully saturated rings. The van der Waals surface area contributed by atoms with Crippen molar-refractivity contribution in [2.24, 2.45) is 5.16 Å². The van der Waals surface area contributed by atoms with E-state index in [1.165, 1.54) is 32.4 Å². The summed E-state index contributed by atoms with van der Waals surface area (Å²) in [6.45, 7) is 1.11. The van der Waals surface area contributed by atoms with Gasteiger partial charge in [-0.25, -0.2) is 4.79 Å². The first-order chi connectivity index (χ1) is 15.2. The van der Waals surface area contributed by atoms with E-state index in [-0.39, 0.29) is 23.1 Å². The summed E-state index contributed by atoms with van der Waals surface area (Å²) in [7, 11) is 1.28. The van der Waals surface area contributed by atoms with Gasteiger partial charge < -0.3 is 14.7 Å². The molecule has 12 nitrogen and oxygen atoms in total. The Morgan fingerprint density at radius 2 is 1.91 bits per heavy atom. The first-order valence-corrected chi connectivity index (χ1v) is 9.63. The zero-order valence-corrected chi connectivity index (χ0v) is 17.2. The molecule has 2 N–H and O–H groups in total. The van der Waals surface area contributed by atoms with Crippen molar-refractivity contribution in [3.8, 4) is 0 Å². The second kappa shape index (κ2) is 8.15. The van der Waals surface area contributed by atoms with Gasteiger partial charge in [-0.3, -0.25) is 28.8 Å². The summed E-state index contributed by atoms with van der Waals surface area (Å²) < 4.78 is 6.94. The van der Waals surface area contributed by atoms with Gasteiger partial charge in [-0.05, 0) is 19.1 Å². The fourth-order valence-corrected chi connectivity index (χ4v) is 3.62. The number of nitrogens with zero attached hydrogens (tertiary/aromatic N) is 3. The van der Waals surface area contributed by atoms with Gasteiger partial charge in [0.25, 0.3) is 17.4 Å². The van der Waals surface area contributed by atoms with Crippen LogP contribution < -0.4 is 11.2 Å². The second-order valence-corrected chi connectivity index (χ2v) is 7.42. The number of hydrogen-bond donors (Lipinski definition) is 2. The molecule has 1 saturated heterocycles. The molecule has 0 unspecified atom stereocenters. The van der Waals surface area contributed by atoms with E-state index in [0.717, 1.165) is 10.8 Å². The molecule has 168 valence electrons. The summed E-state index contributed by atoms with van der Waals surface area (Å²) in [5, 5.41) is 15.3. The maximum atomic E-state index is 12.5. The predicted octanol–water partition coefficient (Wildman–Crippen LogP) is -0.276. The molecule has 0 radical (unpaired) electrons. The van der Waals surface area contributed by atoms with Crippen LogP contribution in [0.3, 0.4) is 0 Å². The molecule has 12 heteroatoms. The number of hydroxylamine groups is 2. The van der Waals surface area contributed by atoms with Gasteiger partial charge in [0.05, 0.1) is 17.3 Å². The standard InChI is InChI=1S/C20H20N4O8/c1-11-8-23(19(28)22-16(11)25)15-7-20(29,10-21-30-2)14(32-15)9-31-24-17(26)12-5-3-4-6-13(12)18(24)27/h3-6,8,10,14-15,29H,7,9H2,1-2H3,(H,22,25,28)/t14-,15-,20-/m1/s1. The minimum absolute atomic E-state index is 0.138. The maximum Gasteiger partial charge on any atom is 0.330 e. The molecule has 1 aromatic carbocycles. The van der Waals surface area contributed by atoms with Crippen molar-refractivity contribution in [1.82, 2.24) is 14.6 Å². The first kappa shape index (κ1) is 21.6. The number of carbonyl (C=O) groups excluding carboxylic acids is 2. The van der Waals surface area contributed by atoms with Crippen LogP contribution in [-0.4, -0.2) is 63.2 Å². The molecule has 2 amide bonds. The molecule has 0 bridgehead atoms. The number of carbonyl (C=O) groups is 2. The topological polar surface area (TPSA) is 153 Å². The van der Waals surface area contributed by atoms with Gasteiger partial charge in [0, 0.05) is 18.2 Å². The van der Waals surface area contributed by atoms with Crippen molar-refractivity contribution < 1.29 is 29.1 Å². The molecule has 3 heterocycles. The first-order valence-electron chi connectivity index (χ1n) is 9.63. The monoisotopic (exact) mass is 444 g/mol. The average molecular weight is 444 g/mol. The Morgan fingerprint density at radius 3 is 2.53 bits per heavy atom. The van der Waals surface area contributed by atoms with Crippen molar-refractivity contribution in [3.63, 3.8) is 0 Å². The molecular weight excluding hydrogens is 424 g/mol. The van der Waals surface area contributed by atoms with E-state index < -0.39 is 47.6 Å². The number of ether oxygens (including phenoxy) is 1. The molecule has 32 heavy (non-hydrogen) atoms. The minimum atomic E-state index is -1.76. The zero-order valence-electron chi connectivity index (χ0n) is 17.2. The predicted molar refractivity (Wildman–Crippen MR) is 108 cm³/mol. The number of imide groups is 1. The van der Waals surface area contributed by atoms with Gasteiger partial charge in [0.2, 0.25) is 0 Å². The lowest BCUT2D eigenvalue weighted by Crippen LogP contribution is -2.45. The highest BCUT2D eigenvalue weighted by Gasteiger charge is 2.49. The Balaban J connectivity index is 1.57. The number of rotatable bonds is 6. The number of aryl methyl sites for hydroxylation is 1. The summed E-state index contributed by atoms with van der Waals surface area (Å²) in [4.78, 5) is 61.1. The molecule has 3 atom stereocenters. The van der Waals surface area contributed by atoms with Crippen LogP contribution in [0, 0.1) is 6.92 Å². The number of H-pyrrole nitrogens is 1. The number of hydrogen-bond acceptors (Lipinski definition) is 9. The number of oxime groups is 1. The third kappa shape index (κ3) is 3.64. The van der Waals surface area contributed by atoms with E-state index in [1.54, 1.807) is 12.1 Å². The quantitative estimate of drug-likeness (QED) is 0.351. The number of fused-ring (bicyclic) bond motifs is 1. The highest BCUT2D eigenvalue weighted by Crippen LogP contribution is 2.36. The van der Waals surface area contributed by atoms with Gasteiger partial charge in [-0.2, -0.15) is 0 Å². The normalized spacial score (nSPS) is 25.0. The molecule has 1 aromatic heterocycles.